The summed E-state index contributed by atoms with van der Waals surface area (Å²) in [6.07, 6.45) is 5.79. The van der Waals surface area contributed by atoms with Crippen LogP contribution >= 0.6 is 0 Å². The number of amides is 2. The molecular formula is C23H26N4O4. The Hall–Kier alpha value is -3.78. The molecule has 0 aliphatic rings. The maximum absolute atomic E-state index is 12.6. The molecule has 2 aromatic rings. The number of nitrogens with one attached hydrogen (secondary N) is 2. The van der Waals surface area contributed by atoms with E-state index in [2.05, 4.69) is 10.6 Å². The fourth-order valence-electron chi connectivity index (χ4n) is 2.62. The van der Waals surface area contributed by atoms with Gasteiger partial charge in [0.1, 0.15) is 5.70 Å². The Morgan fingerprint density at radius 3 is 2.35 bits per heavy atom. The summed E-state index contributed by atoms with van der Waals surface area (Å²) in [6, 6.07) is 14.7. The normalized spacial score (nSPS) is 11.5. The molecule has 8 nitrogen and oxygen atoms in total. The predicted octanol–water partition coefficient (Wildman–Crippen LogP) is 2.99. The van der Waals surface area contributed by atoms with Gasteiger partial charge in [-0.3, -0.25) is 19.7 Å². The first-order valence-corrected chi connectivity index (χ1v) is 9.79. The highest BCUT2D eigenvalue weighted by molar-refractivity contribution is 6.03. The second kappa shape index (κ2) is 12.0. The molecule has 2 aromatic carbocycles. The number of carbonyl (C=O) groups is 2. The number of carbonyl (C=O) groups excluding carboxylic acids is 2. The largest absolute Gasteiger partial charge is 0.351 e. The lowest BCUT2D eigenvalue weighted by molar-refractivity contribution is -0.384. The fourth-order valence-corrected chi connectivity index (χ4v) is 2.62. The molecule has 0 fully saturated rings. The number of allylic oxidation sites excluding steroid dienone is 2. The Bertz CT molecular complexity index is 951. The lowest BCUT2D eigenvalue weighted by Crippen LogP contribution is -2.36. The van der Waals surface area contributed by atoms with Gasteiger partial charge in [0.15, 0.2) is 0 Å². The summed E-state index contributed by atoms with van der Waals surface area (Å²) >= 11 is 0. The first-order valence-electron chi connectivity index (χ1n) is 9.79. The number of rotatable bonds is 10. The van der Waals surface area contributed by atoms with Gasteiger partial charge in [-0.15, -0.1) is 0 Å². The number of nitrogens with zero attached hydrogens (tertiary/aromatic N) is 2. The van der Waals surface area contributed by atoms with Crippen molar-refractivity contribution in [1.82, 2.24) is 15.5 Å². The van der Waals surface area contributed by atoms with Gasteiger partial charge in [0, 0.05) is 24.2 Å². The quantitative estimate of drug-likeness (QED) is 0.201. The molecule has 0 saturated heterocycles. The third-order valence-corrected chi connectivity index (χ3v) is 4.25. The van der Waals surface area contributed by atoms with Crippen molar-refractivity contribution in [2.45, 2.75) is 6.42 Å². The van der Waals surface area contributed by atoms with Crippen molar-refractivity contribution in [3.05, 3.63) is 93.7 Å². The van der Waals surface area contributed by atoms with Crippen molar-refractivity contribution in [2.75, 3.05) is 27.2 Å². The molecule has 2 amide bonds. The van der Waals surface area contributed by atoms with Gasteiger partial charge in [0.2, 0.25) is 0 Å². The van der Waals surface area contributed by atoms with Crippen LogP contribution < -0.4 is 10.6 Å². The minimum atomic E-state index is -0.539. The van der Waals surface area contributed by atoms with E-state index in [0.717, 1.165) is 18.5 Å². The molecule has 162 valence electrons. The van der Waals surface area contributed by atoms with Crippen LogP contribution in [0.3, 0.4) is 0 Å². The number of hydrogen-bond donors (Lipinski definition) is 2. The number of nitro groups is 1. The second-order valence-electron chi connectivity index (χ2n) is 7.02. The highest BCUT2D eigenvalue weighted by atomic mass is 16.6. The highest BCUT2D eigenvalue weighted by Gasteiger charge is 2.15. The Morgan fingerprint density at radius 1 is 1.06 bits per heavy atom. The summed E-state index contributed by atoms with van der Waals surface area (Å²) in [5.74, 6) is -0.940. The Morgan fingerprint density at radius 2 is 1.74 bits per heavy atom. The molecule has 2 N–H and O–H groups in total. The van der Waals surface area contributed by atoms with Gasteiger partial charge in [-0.2, -0.15) is 0 Å². The molecule has 0 aliphatic carbocycles. The van der Waals surface area contributed by atoms with Gasteiger partial charge in [0.05, 0.1) is 4.92 Å². The van der Waals surface area contributed by atoms with Crippen molar-refractivity contribution in [1.29, 1.82) is 0 Å². The van der Waals surface area contributed by atoms with E-state index < -0.39 is 16.7 Å². The van der Waals surface area contributed by atoms with Crippen LogP contribution in [0.1, 0.15) is 22.3 Å². The van der Waals surface area contributed by atoms with E-state index in [1.807, 2.05) is 55.4 Å². The summed E-state index contributed by atoms with van der Waals surface area (Å²) in [7, 11) is 3.90. The minimum Gasteiger partial charge on any atom is -0.351 e. The van der Waals surface area contributed by atoms with Crippen LogP contribution in [0.5, 0.6) is 0 Å². The summed E-state index contributed by atoms with van der Waals surface area (Å²) < 4.78 is 0. The molecule has 0 spiro atoms. The number of hydrogen-bond acceptors (Lipinski definition) is 5. The van der Waals surface area contributed by atoms with Gasteiger partial charge in [-0.25, -0.2) is 0 Å². The van der Waals surface area contributed by atoms with Crippen molar-refractivity contribution >= 4 is 23.6 Å². The molecule has 0 aliphatic heterocycles. The molecule has 2 rings (SSSR count). The van der Waals surface area contributed by atoms with Crippen molar-refractivity contribution in [3.8, 4) is 0 Å². The smallest absolute Gasteiger partial charge is 0.269 e. The zero-order chi connectivity index (χ0) is 22.6. The van der Waals surface area contributed by atoms with Gasteiger partial charge in [0.25, 0.3) is 17.5 Å². The summed E-state index contributed by atoms with van der Waals surface area (Å²) in [5.41, 5.74) is 1.13. The number of benzene rings is 2. The molecule has 0 unspecified atom stereocenters. The first kappa shape index (κ1) is 23.5. The monoisotopic (exact) mass is 422 g/mol. The molecule has 0 heterocycles. The molecule has 8 heteroatoms. The van der Waals surface area contributed by atoms with Gasteiger partial charge < -0.3 is 15.5 Å². The van der Waals surface area contributed by atoms with E-state index >= 15 is 0 Å². The van der Waals surface area contributed by atoms with E-state index in [9.17, 15) is 19.7 Å². The van der Waals surface area contributed by atoms with E-state index in [0.29, 0.717) is 6.54 Å². The lowest BCUT2D eigenvalue weighted by atomic mass is 10.2. The zero-order valence-electron chi connectivity index (χ0n) is 17.6. The van der Waals surface area contributed by atoms with Gasteiger partial charge >= 0.3 is 0 Å². The average molecular weight is 422 g/mol. The minimum absolute atomic E-state index is 0.0837. The van der Waals surface area contributed by atoms with Crippen LogP contribution in [0.2, 0.25) is 0 Å². The van der Waals surface area contributed by atoms with E-state index in [1.165, 1.54) is 30.3 Å². The third kappa shape index (κ3) is 8.23. The van der Waals surface area contributed by atoms with Crippen LogP contribution in [0.15, 0.2) is 72.4 Å². The molecule has 0 aromatic heterocycles. The molecule has 31 heavy (non-hydrogen) atoms. The standard InChI is InChI=1S/C23H26N4O4/c1-26(2)17-7-16-24-23(29)21(11-6-10-18-8-4-3-5-9-18)25-22(28)19-12-14-20(15-13-19)27(30)31/h3-6,8-15H,7,16-17H2,1-2H3,(H,24,29)(H,25,28)/b10-6+,21-11-. The third-order valence-electron chi connectivity index (χ3n) is 4.25. The van der Waals surface area contributed by atoms with Crippen molar-refractivity contribution in [3.63, 3.8) is 0 Å². The predicted molar refractivity (Wildman–Crippen MR) is 120 cm³/mol. The average Bonchev–Trinajstić information content (AvgIpc) is 2.76. The number of nitro benzene ring substituents is 1. The Balaban J connectivity index is 2.12. The Kier molecular flexibility index (Phi) is 9.13. The van der Waals surface area contributed by atoms with Crippen LogP contribution in [0, 0.1) is 10.1 Å². The SMILES string of the molecule is CN(C)CCCNC(=O)/C(=C/C=C/c1ccccc1)NC(=O)c1ccc([N+](=O)[O-])cc1. The summed E-state index contributed by atoms with van der Waals surface area (Å²) in [5, 5.41) is 16.2. The zero-order valence-corrected chi connectivity index (χ0v) is 17.6. The summed E-state index contributed by atoms with van der Waals surface area (Å²) in [4.78, 5) is 37.4. The summed E-state index contributed by atoms with van der Waals surface area (Å²) in [6.45, 7) is 1.28. The molecule has 0 radical (unpaired) electrons. The van der Waals surface area contributed by atoms with Crippen LogP contribution in [0.25, 0.3) is 6.08 Å². The molecule has 0 bridgehead atoms. The lowest BCUT2D eigenvalue weighted by Gasteiger charge is -2.12. The van der Waals surface area contributed by atoms with E-state index in [4.69, 9.17) is 0 Å². The van der Waals surface area contributed by atoms with Crippen LogP contribution in [-0.4, -0.2) is 48.8 Å². The fraction of sp³-hybridized carbons (Fsp3) is 0.217. The highest BCUT2D eigenvalue weighted by Crippen LogP contribution is 2.12. The molecule has 0 atom stereocenters. The maximum Gasteiger partial charge on any atom is 0.269 e. The van der Waals surface area contributed by atoms with E-state index in [-0.39, 0.29) is 16.9 Å². The van der Waals surface area contributed by atoms with Crippen molar-refractivity contribution in [2.24, 2.45) is 0 Å². The molecule has 0 saturated carbocycles. The van der Waals surface area contributed by atoms with E-state index in [1.54, 1.807) is 6.08 Å². The first-order chi connectivity index (χ1) is 14.9. The van der Waals surface area contributed by atoms with Gasteiger partial charge in [-0.05, 0) is 50.8 Å². The van der Waals surface area contributed by atoms with Crippen molar-refractivity contribution < 1.29 is 14.5 Å². The van der Waals surface area contributed by atoms with Crippen LogP contribution in [0.4, 0.5) is 5.69 Å². The Labute approximate surface area is 181 Å². The maximum atomic E-state index is 12.6. The molecular weight excluding hydrogens is 396 g/mol. The van der Waals surface area contributed by atoms with Gasteiger partial charge in [-0.1, -0.05) is 42.5 Å². The number of non-ortho nitro benzene ring substituents is 1. The second-order valence-corrected chi connectivity index (χ2v) is 7.02. The topological polar surface area (TPSA) is 105 Å². The van der Waals surface area contributed by atoms with Crippen LogP contribution in [-0.2, 0) is 4.79 Å².